The number of anilines is 1. The van der Waals surface area contributed by atoms with E-state index >= 15 is 0 Å². The number of amides is 1. The lowest BCUT2D eigenvalue weighted by atomic mass is 9.74. The number of likely N-dealkylation sites (tertiary alicyclic amines) is 1. The molecule has 0 aliphatic carbocycles. The lowest BCUT2D eigenvalue weighted by molar-refractivity contribution is -0.136. The molecule has 1 saturated heterocycles. The van der Waals surface area contributed by atoms with Crippen LogP contribution in [0.4, 0.5) is 5.69 Å². The summed E-state index contributed by atoms with van der Waals surface area (Å²) in [6.07, 6.45) is 2.36. The number of hydrogen-bond acceptors (Lipinski definition) is 7. The first-order valence-electron chi connectivity index (χ1n) is 13.9. The van der Waals surface area contributed by atoms with Crippen molar-refractivity contribution in [2.75, 3.05) is 49.1 Å². The van der Waals surface area contributed by atoms with E-state index in [4.69, 9.17) is 4.74 Å². The van der Waals surface area contributed by atoms with Gasteiger partial charge >= 0.3 is 0 Å². The number of benzene rings is 2. The average Bonchev–Trinajstić information content (AvgIpc) is 3.22. The molecule has 12 heteroatoms. The Morgan fingerprint density at radius 1 is 1.00 bits per heavy atom. The third kappa shape index (κ3) is 8.07. The third-order valence-corrected chi connectivity index (χ3v) is 10.2. The molecular formula is C29H42N4O6S2. The molecule has 226 valence electrons. The summed E-state index contributed by atoms with van der Waals surface area (Å²) in [5, 5.41) is 3.17. The van der Waals surface area contributed by atoms with Crippen molar-refractivity contribution in [3.05, 3.63) is 65.7 Å². The van der Waals surface area contributed by atoms with Gasteiger partial charge in [0, 0.05) is 37.1 Å². The Morgan fingerprint density at radius 2 is 1.63 bits per heavy atom. The van der Waals surface area contributed by atoms with Gasteiger partial charge < -0.3 is 15.0 Å². The number of para-hydroxylation sites is 1. The molecule has 2 aliphatic heterocycles. The summed E-state index contributed by atoms with van der Waals surface area (Å²) in [5.41, 5.74) is 1.96. The molecule has 1 spiro atoms. The lowest BCUT2D eigenvalue weighted by Gasteiger charge is -2.40. The minimum Gasteiger partial charge on any atom is -0.375 e. The van der Waals surface area contributed by atoms with Crippen molar-refractivity contribution in [2.45, 2.75) is 57.2 Å². The van der Waals surface area contributed by atoms with E-state index in [1.54, 1.807) is 4.90 Å². The van der Waals surface area contributed by atoms with Crippen LogP contribution < -0.4 is 14.3 Å². The minimum absolute atomic E-state index is 0.105. The van der Waals surface area contributed by atoms with Crippen LogP contribution in [-0.4, -0.2) is 84.0 Å². The molecule has 0 aromatic heterocycles. The van der Waals surface area contributed by atoms with Crippen LogP contribution in [0.3, 0.4) is 0 Å². The van der Waals surface area contributed by atoms with Crippen LogP contribution in [-0.2, 0) is 41.6 Å². The molecule has 0 bridgehead atoms. The monoisotopic (exact) mass is 606 g/mol. The molecule has 0 saturated carbocycles. The van der Waals surface area contributed by atoms with Gasteiger partial charge in [-0.1, -0.05) is 48.5 Å². The zero-order valence-corrected chi connectivity index (χ0v) is 25.9. The van der Waals surface area contributed by atoms with Crippen LogP contribution in [0.2, 0.25) is 0 Å². The standard InChI is InChI=1S/C29H42N4O6S2/c1-28(2,3)30-16-19-41(37,38)31-25(21-39-20-23-10-6-5-7-11-23)27(34)32-17-14-29(15-18-32)22-33(40(4,35)36)26-13-9-8-12-24(26)29/h5-13,25,30-31H,14-22H2,1-4H3/t25-/m1/s1. The van der Waals surface area contributed by atoms with Gasteiger partial charge in [-0.05, 0) is 50.8 Å². The third-order valence-electron chi connectivity index (χ3n) is 7.67. The summed E-state index contributed by atoms with van der Waals surface area (Å²) in [7, 11) is -7.23. The maximum Gasteiger partial charge on any atom is 0.243 e. The topological polar surface area (TPSA) is 125 Å². The summed E-state index contributed by atoms with van der Waals surface area (Å²) >= 11 is 0. The maximum absolute atomic E-state index is 13.7. The van der Waals surface area contributed by atoms with Crippen molar-refractivity contribution < 1.29 is 26.4 Å². The summed E-state index contributed by atoms with van der Waals surface area (Å²) in [6, 6.07) is 16.0. The van der Waals surface area contributed by atoms with Crippen molar-refractivity contribution in [1.29, 1.82) is 0 Å². The van der Waals surface area contributed by atoms with Crippen molar-refractivity contribution in [2.24, 2.45) is 0 Å². The Labute approximate surface area is 244 Å². The number of nitrogens with one attached hydrogen (secondary N) is 2. The van der Waals surface area contributed by atoms with Crippen molar-refractivity contribution in [1.82, 2.24) is 14.9 Å². The van der Waals surface area contributed by atoms with Gasteiger partial charge in [0.1, 0.15) is 6.04 Å². The van der Waals surface area contributed by atoms with Crippen LogP contribution in [0.5, 0.6) is 0 Å². The fraction of sp³-hybridized carbons (Fsp3) is 0.552. The first-order valence-corrected chi connectivity index (χ1v) is 17.4. The molecule has 2 aromatic carbocycles. The molecule has 10 nitrogen and oxygen atoms in total. The van der Waals surface area contributed by atoms with Crippen LogP contribution in [0.1, 0.15) is 44.7 Å². The Balaban J connectivity index is 1.45. The lowest BCUT2D eigenvalue weighted by Crippen LogP contribution is -2.55. The Morgan fingerprint density at radius 3 is 2.27 bits per heavy atom. The molecule has 2 heterocycles. The molecule has 2 aromatic rings. The highest BCUT2D eigenvalue weighted by Gasteiger charge is 2.48. The predicted molar refractivity (Wildman–Crippen MR) is 161 cm³/mol. The van der Waals surface area contributed by atoms with E-state index < -0.39 is 31.5 Å². The van der Waals surface area contributed by atoms with Gasteiger partial charge in [0.2, 0.25) is 26.0 Å². The molecular weight excluding hydrogens is 564 g/mol. The largest absolute Gasteiger partial charge is 0.375 e. The Kier molecular flexibility index (Phi) is 9.49. The SMILES string of the molecule is CC(C)(C)NCCS(=O)(=O)N[C@H](COCc1ccccc1)C(=O)N1CCC2(CC1)CN(S(C)(=O)=O)c1ccccc12. The minimum atomic E-state index is -3.78. The zero-order valence-electron chi connectivity index (χ0n) is 24.3. The number of hydrogen-bond donors (Lipinski definition) is 2. The quantitative estimate of drug-likeness (QED) is 0.402. The van der Waals surface area contributed by atoms with E-state index in [1.807, 2.05) is 75.4 Å². The average molecular weight is 607 g/mol. The van der Waals surface area contributed by atoms with E-state index in [1.165, 1.54) is 10.6 Å². The Bertz CT molecular complexity index is 1420. The summed E-state index contributed by atoms with van der Waals surface area (Å²) in [6.45, 7) is 7.36. The van der Waals surface area contributed by atoms with Gasteiger partial charge in [0.05, 0.1) is 30.9 Å². The second kappa shape index (κ2) is 12.4. The number of carbonyl (C=O) groups excluding carboxylic acids is 1. The van der Waals surface area contributed by atoms with Crippen LogP contribution in [0.25, 0.3) is 0 Å². The fourth-order valence-corrected chi connectivity index (χ4v) is 7.63. The van der Waals surface area contributed by atoms with Crippen LogP contribution in [0.15, 0.2) is 54.6 Å². The zero-order chi connectivity index (χ0) is 29.9. The van der Waals surface area contributed by atoms with Gasteiger partial charge in [-0.15, -0.1) is 0 Å². The highest BCUT2D eigenvalue weighted by atomic mass is 32.2. The van der Waals surface area contributed by atoms with Gasteiger partial charge in [-0.3, -0.25) is 9.10 Å². The number of carbonyl (C=O) groups is 1. The number of sulfonamides is 2. The highest BCUT2D eigenvalue weighted by molar-refractivity contribution is 7.92. The van der Waals surface area contributed by atoms with Crippen LogP contribution in [0, 0.1) is 0 Å². The van der Waals surface area contributed by atoms with Gasteiger partial charge in [0.15, 0.2) is 0 Å². The smallest absolute Gasteiger partial charge is 0.243 e. The first-order chi connectivity index (χ1) is 19.2. The molecule has 1 amide bonds. The number of rotatable bonds is 11. The van der Waals surface area contributed by atoms with Gasteiger partial charge in [-0.2, -0.15) is 0 Å². The van der Waals surface area contributed by atoms with Gasteiger partial charge in [-0.25, -0.2) is 21.6 Å². The first kappa shape index (κ1) is 31.4. The second-order valence-corrected chi connectivity index (χ2v) is 15.8. The molecule has 2 aliphatic rings. The number of fused-ring (bicyclic) bond motifs is 2. The van der Waals surface area contributed by atoms with Crippen molar-refractivity contribution in [3.8, 4) is 0 Å². The van der Waals surface area contributed by atoms with E-state index in [9.17, 15) is 21.6 Å². The van der Waals surface area contributed by atoms with Crippen LogP contribution >= 0.6 is 0 Å². The molecule has 4 rings (SSSR count). The van der Waals surface area contributed by atoms with Gasteiger partial charge in [0.25, 0.3) is 0 Å². The highest BCUT2D eigenvalue weighted by Crippen LogP contribution is 2.47. The van der Waals surface area contributed by atoms with E-state index in [0.29, 0.717) is 38.2 Å². The molecule has 0 unspecified atom stereocenters. The van der Waals surface area contributed by atoms with E-state index in [2.05, 4.69) is 10.0 Å². The fourth-order valence-electron chi connectivity index (χ4n) is 5.54. The summed E-state index contributed by atoms with van der Waals surface area (Å²) < 4.78 is 60.9. The van der Waals surface area contributed by atoms with E-state index in [0.717, 1.165) is 11.1 Å². The molecule has 41 heavy (non-hydrogen) atoms. The number of nitrogens with zero attached hydrogens (tertiary/aromatic N) is 2. The number of ether oxygens (including phenoxy) is 1. The molecule has 2 N–H and O–H groups in total. The molecule has 1 fully saturated rings. The molecule has 1 atom stereocenters. The van der Waals surface area contributed by atoms with Crippen molar-refractivity contribution in [3.63, 3.8) is 0 Å². The second-order valence-electron chi connectivity index (χ2n) is 12.1. The summed E-state index contributed by atoms with van der Waals surface area (Å²) in [4.78, 5) is 15.4. The normalized spacial score (nSPS) is 18.0. The molecule has 0 radical (unpaired) electrons. The summed E-state index contributed by atoms with van der Waals surface area (Å²) in [5.74, 6) is -0.514. The van der Waals surface area contributed by atoms with E-state index in [-0.39, 0.29) is 37.0 Å². The maximum atomic E-state index is 13.7. The predicted octanol–water partition coefficient (Wildman–Crippen LogP) is 2.22. The van der Waals surface area contributed by atoms with Crippen molar-refractivity contribution >= 4 is 31.6 Å². The number of piperidine rings is 1. The Hall–Kier alpha value is -2.51.